The first-order chi connectivity index (χ1) is 14.3. The van der Waals surface area contributed by atoms with Crippen molar-refractivity contribution in [1.29, 1.82) is 0 Å². The van der Waals surface area contributed by atoms with Crippen molar-refractivity contribution in [3.63, 3.8) is 0 Å². The molecular weight excluding hydrogens is 388 g/mol. The molecule has 0 amide bonds. The number of pyridine rings is 1. The van der Waals surface area contributed by atoms with Crippen molar-refractivity contribution in [1.82, 2.24) is 15.0 Å². The van der Waals surface area contributed by atoms with Gasteiger partial charge in [-0.2, -0.15) is 4.40 Å². The summed E-state index contributed by atoms with van der Waals surface area (Å²) in [4.78, 5) is 14.5. The lowest BCUT2D eigenvalue weighted by Gasteiger charge is -2.28. The molecule has 0 aliphatic carbocycles. The fourth-order valence-electron chi connectivity index (χ4n) is 3.46. The molecule has 1 saturated heterocycles. The van der Waals surface area contributed by atoms with Crippen molar-refractivity contribution in [2.75, 3.05) is 36.5 Å². The quantitative estimate of drug-likeness (QED) is 0.507. The van der Waals surface area contributed by atoms with Gasteiger partial charge in [0.2, 0.25) is 11.0 Å². The van der Waals surface area contributed by atoms with Gasteiger partial charge in [0, 0.05) is 42.4 Å². The number of hydrogen-bond donors (Lipinski definition) is 2. The molecule has 2 N–H and O–H groups in total. The first kappa shape index (κ1) is 17.9. The molecule has 1 aliphatic heterocycles. The summed E-state index contributed by atoms with van der Waals surface area (Å²) in [5.74, 6) is 0.692. The molecule has 1 aliphatic rings. The number of nitrogens with one attached hydrogen (secondary N) is 2. The Kier molecular flexibility index (Phi) is 4.75. The molecule has 0 atom stereocenters. The van der Waals surface area contributed by atoms with Crippen LogP contribution in [-0.2, 0) is 4.74 Å². The average molecular weight is 408 g/mol. The van der Waals surface area contributed by atoms with Crippen LogP contribution in [0.1, 0.15) is 0 Å². The molecule has 5 rings (SSSR count). The third-order valence-electron chi connectivity index (χ3n) is 4.97. The zero-order valence-corrected chi connectivity index (χ0v) is 16.4. The summed E-state index contributed by atoms with van der Waals surface area (Å²) >= 11 is 6.36. The van der Waals surface area contributed by atoms with Gasteiger partial charge in [0.05, 0.1) is 13.2 Å². The van der Waals surface area contributed by atoms with Crippen molar-refractivity contribution in [3.8, 4) is 11.3 Å². The number of anilines is 3. The molecule has 3 aromatic heterocycles. The highest BCUT2D eigenvalue weighted by Gasteiger charge is 2.19. The summed E-state index contributed by atoms with van der Waals surface area (Å²) in [6.07, 6.45) is 7.18. The van der Waals surface area contributed by atoms with Crippen molar-refractivity contribution >= 4 is 34.4 Å². The Labute approximate surface area is 173 Å². The number of ether oxygens (including phenoxy) is 1. The molecule has 0 bridgehead atoms. The fraction of sp³-hybridized carbons (Fsp3) is 0.190. The lowest BCUT2D eigenvalue weighted by molar-refractivity contribution is -0.506. The first-order valence-electron chi connectivity index (χ1n) is 9.47. The molecule has 0 saturated carbocycles. The van der Waals surface area contributed by atoms with Crippen LogP contribution < -0.4 is 14.6 Å². The number of aromatic amines is 1. The minimum absolute atomic E-state index is 0.582. The second kappa shape index (κ2) is 7.69. The van der Waals surface area contributed by atoms with Gasteiger partial charge >= 0.3 is 5.65 Å². The maximum Gasteiger partial charge on any atom is 0.329 e. The molecule has 7 nitrogen and oxygen atoms in total. The summed E-state index contributed by atoms with van der Waals surface area (Å²) in [5, 5.41) is 4.00. The number of rotatable bonds is 4. The van der Waals surface area contributed by atoms with E-state index in [-0.39, 0.29) is 0 Å². The van der Waals surface area contributed by atoms with E-state index in [2.05, 4.69) is 44.5 Å². The van der Waals surface area contributed by atoms with Crippen LogP contribution in [0.2, 0.25) is 5.15 Å². The van der Waals surface area contributed by atoms with Gasteiger partial charge in [0.1, 0.15) is 18.1 Å². The minimum Gasteiger partial charge on any atom is -0.378 e. The van der Waals surface area contributed by atoms with Gasteiger partial charge in [0.25, 0.3) is 0 Å². The van der Waals surface area contributed by atoms with E-state index >= 15 is 0 Å². The highest BCUT2D eigenvalue weighted by atomic mass is 35.5. The van der Waals surface area contributed by atoms with Gasteiger partial charge in [-0.25, -0.2) is 9.97 Å². The predicted octanol–water partition coefficient (Wildman–Crippen LogP) is 3.44. The van der Waals surface area contributed by atoms with E-state index in [9.17, 15) is 0 Å². The molecule has 0 spiro atoms. The summed E-state index contributed by atoms with van der Waals surface area (Å²) in [7, 11) is 0. The van der Waals surface area contributed by atoms with Gasteiger partial charge in [0.15, 0.2) is 0 Å². The monoisotopic (exact) mass is 407 g/mol. The molecular formula is C21H20ClN6O+. The van der Waals surface area contributed by atoms with Crippen molar-refractivity contribution < 1.29 is 9.14 Å². The van der Waals surface area contributed by atoms with E-state index in [4.69, 9.17) is 21.3 Å². The molecule has 8 heteroatoms. The fourth-order valence-corrected chi connectivity index (χ4v) is 3.65. The number of morpholine rings is 1. The Bertz CT molecular complexity index is 1120. The maximum atomic E-state index is 6.36. The number of nitrogens with zero attached hydrogens (tertiary/aromatic N) is 4. The smallest absolute Gasteiger partial charge is 0.329 e. The predicted molar refractivity (Wildman–Crippen MR) is 113 cm³/mol. The average Bonchev–Trinajstić information content (AvgIpc) is 3.16. The molecule has 146 valence electrons. The first-order valence-corrected chi connectivity index (χ1v) is 9.85. The van der Waals surface area contributed by atoms with Crippen molar-refractivity contribution in [2.24, 2.45) is 0 Å². The zero-order valence-electron chi connectivity index (χ0n) is 15.7. The number of imidazole rings is 1. The number of halogens is 1. The zero-order chi connectivity index (χ0) is 19.6. The number of fused-ring (bicyclic) bond motifs is 1. The molecule has 29 heavy (non-hydrogen) atoms. The third-order valence-corrected chi connectivity index (χ3v) is 5.26. The van der Waals surface area contributed by atoms with Gasteiger partial charge < -0.3 is 15.0 Å². The lowest BCUT2D eigenvalue weighted by atomic mass is 10.2. The van der Waals surface area contributed by atoms with E-state index in [1.54, 1.807) is 18.6 Å². The summed E-state index contributed by atoms with van der Waals surface area (Å²) < 4.78 is 7.31. The number of H-pyrrole nitrogens is 1. The number of benzene rings is 1. The Hall–Kier alpha value is -3.16. The van der Waals surface area contributed by atoms with Crippen LogP contribution in [-0.4, -0.2) is 41.3 Å². The lowest BCUT2D eigenvalue weighted by Crippen LogP contribution is -2.36. The normalized spacial score (nSPS) is 14.3. The van der Waals surface area contributed by atoms with Crippen LogP contribution in [0.4, 0.5) is 17.2 Å². The van der Waals surface area contributed by atoms with Gasteiger partial charge in [-0.05, 0) is 48.0 Å². The van der Waals surface area contributed by atoms with E-state index in [0.717, 1.165) is 48.9 Å². The SMILES string of the molecule is Clc1c[nH]c2c(Nc3ccc(N4CCOCC4)cc3)nc(-c3cccnc3)c[n+]12. The van der Waals surface area contributed by atoms with Gasteiger partial charge in [-0.15, -0.1) is 0 Å². The van der Waals surface area contributed by atoms with Crippen LogP contribution in [0, 0.1) is 0 Å². The van der Waals surface area contributed by atoms with Crippen LogP contribution in [0.15, 0.2) is 61.2 Å². The summed E-state index contributed by atoms with van der Waals surface area (Å²) in [5.41, 5.74) is 4.64. The van der Waals surface area contributed by atoms with Crippen LogP contribution in [0.5, 0.6) is 0 Å². The van der Waals surface area contributed by atoms with Crippen LogP contribution in [0.25, 0.3) is 16.9 Å². The molecule has 1 fully saturated rings. The van der Waals surface area contributed by atoms with Gasteiger partial charge in [-0.1, -0.05) is 0 Å². The summed E-state index contributed by atoms with van der Waals surface area (Å²) in [6.45, 7) is 3.38. The van der Waals surface area contributed by atoms with Crippen molar-refractivity contribution in [3.05, 3.63) is 66.3 Å². The Morgan fingerprint density at radius 3 is 2.72 bits per heavy atom. The number of hydrogen-bond acceptors (Lipinski definition) is 5. The van der Waals surface area contributed by atoms with Crippen molar-refractivity contribution in [2.45, 2.75) is 0 Å². The van der Waals surface area contributed by atoms with E-state index in [1.807, 2.05) is 22.7 Å². The minimum atomic E-state index is 0.582. The number of aromatic nitrogens is 4. The second-order valence-electron chi connectivity index (χ2n) is 6.82. The van der Waals surface area contributed by atoms with E-state index in [0.29, 0.717) is 11.0 Å². The topological polar surface area (TPSA) is 70.2 Å². The van der Waals surface area contributed by atoms with Crippen LogP contribution in [0.3, 0.4) is 0 Å². The standard InChI is InChI=1S/C21H19ClN6O/c22-19-13-24-21-20(26-18(14-28(19)21)15-2-1-7-23-12-15)25-16-3-5-17(6-4-16)27-8-10-29-11-9-27/h1-7,12-14H,8-11H2,(H,25,26)/p+1. The van der Waals surface area contributed by atoms with Crippen LogP contribution >= 0.6 is 11.6 Å². The van der Waals surface area contributed by atoms with E-state index < -0.39 is 0 Å². The molecule has 1 aromatic carbocycles. The molecule has 4 heterocycles. The largest absolute Gasteiger partial charge is 0.378 e. The van der Waals surface area contributed by atoms with E-state index in [1.165, 1.54) is 5.69 Å². The highest BCUT2D eigenvalue weighted by molar-refractivity contribution is 6.28. The Morgan fingerprint density at radius 2 is 1.97 bits per heavy atom. The Morgan fingerprint density at radius 1 is 1.14 bits per heavy atom. The molecule has 0 radical (unpaired) electrons. The molecule has 4 aromatic rings. The summed E-state index contributed by atoms with van der Waals surface area (Å²) in [6, 6.07) is 12.2. The third kappa shape index (κ3) is 3.62. The second-order valence-corrected chi connectivity index (χ2v) is 7.21. The Balaban J connectivity index is 1.48. The highest BCUT2D eigenvalue weighted by Crippen LogP contribution is 2.25. The maximum absolute atomic E-state index is 6.36. The molecule has 0 unspecified atom stereocenters. The van der Waals surface area contributed by atoms with Gasteiger partial charge in [-0.3, -0.25) is 4.98 Å².